The van der Waals surface area contributed by atoms with E-state index in [1.54, 1.807) is 0 Å². The van der Waals surface area contributed by atoms with Crippen LogP contribution in [-0.2, 0) is 14.6 Å². The summed E-state index contributed by atoms with van der Waals surface area (Å²) in [5.41, 5.74) is 0. The monoisotopic (exact) mass is 243 g/mol. The maximum Gasteiger partial charge on any atom is 0.286 e. The number of nitrogens with zero attached hydrogens (tertiary/aromatic N) is 1. The first-order chi connectivity index (χ1) is 7.46. The van der Waals surface area contributed by atoms with Crippen molar-refractivity contribution >= 4 is 21.6 Å². The molecule has 2 rings (SSSR count). The predicted molar refractivity (Wildman–Crippen MR) is 59.8 cm³/mol. The molecule has 2 aliphatic rings. The van der Waals surface area contributed by atoms with Gasteiger partial charge in [0.05, 0.1) is 18.3 Å². The van der Waals surface area contributed by atoms with E-state index in [-0.39, 0.29) is 23.5 Å². The molecule has 16 heavy (non-hydrogen) atoms. The number of sulfone groups is 1. The lowest BCUT2D eigenvalue weighted by Crippen LogP contribution is -2.44. The Bertz CT molecular complexity index is 466. The van der Waals surface area contributed by atoms with E-state index >= 15 is 0 Å². The van der Waals surface area contributed by atoms with E-state index in [4.69, 9.17) is 0 Å². The zero-order valence-corrected chi connectivity index (χ0v) is 9.62. The van der Waals surface area contributed by atoms with Gasteiger partial charge in [-0.05, 0) is 13.0 Å². The van der Waals surface area contributed by atoms with E-state index in [1.807, 2.05) is 6.92 Å². The molecule has 0 aromatic carbocycles. The maximum absolute atomic E-state index is 11.6. The molecule has 1 amide bonds. The number of rotatable bonds is 2. The van der Waals surface area contributed by atoms with Crippen molar-refractivity contribution in [1.82, 2.24) is 10.6 Å². The number of aliphatic imine (C=N–C) groups is 1. The largest absolute Gasteiger partial charge is 0.361 e. The fourth-order valence-electron chi connectivity index (χ4n) is 1.59. The molecule has 2 aliphatic heterocycles. The predicted octanol–water partition coefficient (Wildman–Crippen LogP) is -1.20. The second-order valence-electron chi connectivity index (χ2n) is 3.97. The second-order valence-corrected chi connectivity index (χ2v) is 5.90. The van der Waals surface area contributed by atoms with Gasteiger partial charge in [0.2, 0.25) is 0 Å². The topological polar surface area (TPSA) is 87.6 Å². The molecule has 2 unspecified atom stereocenters. The lowest BCUT2D eigenvalue weighted by Gasteiger charge is -2.10. The quantitative estimate of drug-likeness (QED) is 0.638. The molecule has 0 radical (unpaired) electrons. The molecule has 88 valence electrons. The summed E-state index contributed by atoms with van der Waals surface area (Å²) in [6.45, 7) is 2.49. The molecule has 0 bridgehead atoms. The minimum Gasteiger partial charge on any atom is -0.361 e. The van der Waals surface area contributed by atoms with Crippen LogP contribution in [0.5, 0.6) is 0 Å². The molecular weight excluding hydrogens is 230 g/mol. The first-order valence-electron chi connectivity index (χ1n) is 4.99. The van der Waals surface area contributed by atoms with Crippen LogP contribution in [-0.4, -0.2) is 44.5 Å². The van der Waals surface area contributed by atoms with Crippen molar-refractivity contribution in [3.05, 3.63) is 11.5 Å². The molecule has 0 aliphatic carbocycles. The van der Waals surface area contributed by atoms with Crippen molar-refractivity contribution in [2.45, 2.75) is 19.0 Å². The van der Waals surface area contributed by atoms with Gasteiger partial charge in [-0.25, -0.2) is 8.42 Å². The number of amides is 1. The Labute approximate surface area is 93.7 Å². The fourth-order valence-corrected chi connectivity index (χ4v) is 2.83. The van der Waals surface area contributed by atoms with Crippen LogP contribution >= 0.6 is 0 Å². The van der Waals surface area contributed by atoms with E-state index in [0.29, 0.717) is 6.54 Å². The number of nitrogens with one attached hydrogen (secondary N) is 2. The third kappa shape index (κ3) is 2.41. The molecular formula is C9H13N3O3S. The lowest BCUT2D eigenvalue weighted by molar-refractivity contribution is -0.115. The molecule has 2 atom stereocenters. The highest BCUT2D eigenvalue weighted by molar-refractivity contribution is 7.94. The smallest absolute Gasteiger partial charge is 0.286 e. The van der Waals surface area contributed by atoms with Crippen LogP contribution in [0.15, 0.2) is 16.5 Å². The minimum atomic E-state index is -3.13. The lowest BCUT2D eigenvalue weighted by atomic mass is 10.3. The number of carbonyl (C=O) groups is 1. The van der Waals surface area contributed by atoms with Gasteiger partial charge in [-0.15, -0.1) is 0 Å². The van der Waals surface area contributed by atoms with Crippen LogP contribution in [0.3, 0.4) is 0 Å². The third-order valence-corrected chi connectivity index (χ3v) is 3.76. The molecule has 0 aromatic rings. The summed E-state index contributed by atoms with van der Waals surface area (Å²) in [6.07, 6.45) is 1.48. The Kier molecular flexibility index (Phi) is 2.71. The van der Waals surface area contributed by atoms with Gasteiger partial charge in [0.15, 0.2) is 15.7 Å². The molecule has 0 fully saturated rings. The number of amidine groups is 1. The summed E-state index contributed by atoms with van der Waals surface area (Å²) >= 11 is 0. The zero-order chi connectivity index (χ0) is 11.8. The first kappa shape index (κ1) is 11.1. The average molecular weight is 243 g/mol. The highest BCUT2D eigenvalue weighted by atomic mass is 32.2. The molecule has 6 nitrogen and oxygen atoms in total. The van der Waals surface area contributed by atoms with Gasteiger partial charge in [-0.3, -0.25) is 9.79 Å². The number of carbonyl (C=O) groups excluding carboxylic acids is 1. The highest BCUT2D eigenvalue weighted by Gasteiger charge is 2.26. The van der Waals surface area contributed by atoms with E-state index < -0.39 is 15.9 Å². The highest BCUT2D eigenvalue weighted by Crippen LogP contribution is 2.07. The Morgan fingerprint density at radius 3 is 2.88 bits per heavy atom. The molecule has 0 spiro atoms. The van der Waals surface area contributed by atoms with Gasteiger partial charge in [-0.1, -0.05) is 0 Å². The van der Waals surface area contributed by atoms with E-state index in [1.165, 1.54) is 6.08 Å². The normalized spacial score (nSPS) is 30.9. The Balaban J connectivity index is 1.92. The van der Waals surface area contributed by atoms with Crippen molar-refractivity contribution < 1.29 is 13.2 Å². The summed E-state index contributed by atoms with van der Waals surface area (Å²) in [5.74, 6) is -0.136. The number of hydrogen-bond donors (Lipinski definition) is 2. The first-order valence-corrected chi connectivity index (χ1v) is 6.70. The molecule has 0 aromatic heterocycles. The van der Waals surface area contributed by atoms with Gasteiger partial charge in [0.1, 0.15) is 0 Å². The molecule has 7 heteroatoms. The van der Waals surface area contributed by atoms with Crippen molar-refractivity contribution in [3.8, 4) is 0 Å². The number of hydrogen-bond acceptors (Lipinski definition) is 5. The van der Waals surface area contributed by atoms with Gasteiger partial charge < -0.3 is 10.6 Å². The van der Waals surface area contributed by atoms with Crippen molar-refractivity contribution in [3.63, 3.8) is 0 Å². The zero-order valence-electron chi connectivity index (χ0n) is 8.80. The van der Waals surface area contributed by atoms with Crippen LogP contribution in [0.4, 0.5) is 0 Å². The van der Waals surface area contributed by atoms with Gasteiger partial charge in [0.25, 0.3) is 5.91 Å². The summed E-state index contributed by atoms with van der Waals surface area (Å²) < 4.78 is 22.2. The van der Waals surface area contributed by atoms with Crippen molar-refractivity contribution in [1.29, 1.82) is 0 Å². The van der Waals surface area contributed by atoms with Crippen LogP contribution in [0.2, 0.25) is 0 Å². The van der Waals surface area contributed by atoms with Crippen LogP contribution < -0.4 is 10.6 Å². The minimum absolute atomic E-state index is 0.0679. The third-order valence-electron chi connectivity index (χ3n) is 2.37. The Hall–Kier alpha value is -1.37. The van der Waals surface area contributed by atoms with Gasteiger partial charge >= 0.3 is 0 Å². The van der Waals surface area contributed by atoms with Crippen molar-refractivity contribution in [2.75, 3.05) is 12.3 Å². The van der Waals surface area contributed by atoms with Crippen LogP contribution in [0.1, 0.15) is 6.92 Å². The average Bonchev–Trinajstić information content (AvgIpc) is 2.73. The Morgan fingerprint density at radius 1 is 1.62 bits per heavy atom. The van der Waals surface area contributed by atoms with E-state index in [0.717, 1.165) is 5.41 Å². The summed E-state index contributed by atoms with van der Waals surface area (Å²) in [5, 5.41) is 6.64. The molecule has 2 heterocycles. The van der Waals surface area contributed by atoms with Crippen LogP contribution in [0, 0.1) is 0 Å². The second kappa shape index (κ2) is 3.89. The standard InChI is InChI=1S/C9H13N3O3S/c1-6-4-10-8(11-6)9(13)12-7-2-3-16(14,15)5-7/h2-3,6-7H,4-5H2,1H3,(H,10,11)(H,12,13). The fraction of sp³-hybridized carbons (Fsp3) is 0.556. The van der Waals surface area contributed by atoms with Crippen LogP contribution in [0.25, 0.3) is 0 Å². The van der Waals surface area contributed by atoms with E-state index in [9.17, 15) is 13.2 Å². The summed E-state index contributed by atoms with van der Waals surface area (Å²) in [7, 11) is -3.13. The summed E-state index contributed by atoms with van der Waals surface area (Å²) in [4.78, 5) is 15.6. The Morgan fingerprint density at radius 2 is 2.38 bits per heavy atom. The van der Waals surface area contributed by atoms with Gasteiger partial charge in [-0.2, -0.15) is 0 Å². The summed E-state index contributed by atoms with van der Waals surface area (Å²) in [6, 6.07) is -0.290. The molecule has 0 saturated heterocycles. The molecule has 2 N–H and O–H groups in total. The maximum atomic E-state index is 11.6. The van der Waals surface area contributed by atoms with Crippen molar-refractivity contribution in [2.24, 2.45) is 4.99 Å². The van der Waals surface area contributed by atoms with Gasteiger partial charge in [0, 0.05) is 11.4 Å². The molecule has 0 saturated carbocycles. The SMILES string of the molecule is CC1CN=C(C(=O)NC2C=CS(=O)(=O)C2)N1. The van der Waals surface area contributed by atoms with E-state index in [2.05, 4.69) is 15.6 Å².